The fraction of sp³-hybridized carbons (Fsp3) is 0.500. The molecule has 2 rings (SSSR count). The van der Waals surface area contributed by atoms with Gasteiger partial charge in [-0.1, -0.05) is 11.6 Å². The molecule has 1 heterocycles. The lowest BCUT2D eigenvalue weighted by Crippen LogP contribution is -2.61. The number of rotatable bonds is 2. The lowest BCUT2D eigenvalue weighted by Gasteiger charge is -2.40. The Labute approximate surface area is 130 Å². The lowest BCUT2D eigenvalue weighted by atomic mass is 10.1. The Bertz CT molecular complexity index is 629. The molecule has 1 N–H and O–H groups in total. The second kappa shape index (κ2) is 5.50. The van der Waals surface area contributed by atoms with Crippen molar-refractivity contribution in [2.45, 2.75) is 36.5 Å². The molecule has 7 heteroatoms. The first kappa shape index (κ1) is 16.1. The highest BCUT2D eigenvalue weighted by molar-refractivity contribution is 7.92. The second-order valence-corrected chi connectivity index (χ2v) is 8.87. The van der Waals surface area contributed by atoms with Crippen LogP contribution in [0, 0.1) is 0 Å². The summed E-state index contributed by atoms with van der Waals surface area (Å²) < 4.78 is 24.8. The quantitative estimate of drug-likeness (QED) is 0.904. The number of nitrogens with one attached hydrogen (secondary N) is 1. The standard InChI is InChI=1S/C14H19ClN2O3S/c1-14(2,3)16-13(18)17-8-12(9-17)21(19,20)11-6-4-10(15)5-7-11/h4-7,12H,8-9H2,1-3H3,(H,16,18). The third-order valence-corrected chi connectivity index (χ3v) is 5.56. The van der Waals surface area contributed by atoms with Gasteiger partial charge in [-0.2, -0.15) is 0 Å². The van der Waals surface area contributed by atoms with Crippen LogP contribution >= 0.6 is 11.6 Å². The summed E-state index contributed by atoms with van der Waals surface area (Å²) in [7, 11) is -3.41. The van der Waals surface area contributed by atoms with E-state index in [1.54, 1.807) is 12.1 Å². The van der Waals surface area contributed by atoms with Gasteiger partial charge < -0.3 is 10.2 Å². The Morgan fingerprint density at radius 3 is 2.24 bits per heavy atom. The first-order chi connectivity index (χ1) is 9.59. The molecule has 0 radical (unpaired) electrons. The van der Waals surface area contributed by atoms with Gasteiger partial charge in [0, 0.05) is 23.7 Å². The van der Waals surface area contributed by atoms with Gasteiger partial charge >= 0.3 is 6.03 Å². The van der Waals surface area contributed by atoms with E-state index in [9.17, 15) is 13.2 Å². The fourth-order valence-corrected chi connectivity index (χ4v) is 3.80. The molecule has 0 aliphatic carbocycles. The van der Waals surface area contributed by atoms with Crippen molar-refractivity contribution in [1.29, 1.82) is 0 Å². The highest BCUT2D eigenvalue weighted by Gasteiger charge is 2.41. The van der Waals surface area contributed by atoms with E-state index < -0.39 is 15.1 Å². The van der Waals surface area contributed by atoms with Crippen LogP contribution < -0.4 is 5.32 Å². The Balaban J connectivity index is 2.00. The molecule has 5 nitrogen and oxygen atoms in total. The van der Waals surface area contributed by atoms with Gasteiger partial charge in [0.05, 0.1) is 4.90 Å². The van der Waals surface area contributed by atoms with Crippen LogP contribution in [0.15, 0.2) is 29.2 Å². The van der Waals surface area contributed by atoms with Crippen molar-refractivity contribution in [3.8, 4) is 0 Å². The molecule has 0 unspecified atom stereocenters. The smallest absolute Gasteiger partial charge is 0.317 e. The highest BCUT2D eigenvalue weighted by Crippen LogP contribution is 2.25. The molecule has 2 amide bonds. The first-order valence-electron chi connectivity index (χ1n) is 6.66. The molecule has 0 aromatic heterocycles. The molecule has 0 atom stereocenters. The summed E-state index contributed by atoms with van der Waals surface area (Å²) in [5.74, 6) is 0. The summed E-state index contributed by atoms with van der Waals surface area (Å²) in [5.41, 5.74) is -0.336. The van der Waals surface area contributed by atoms with Crippen LogP contribution in [0.1, 0.15) is 20.8 Å². The summed E-state index contributed by atoms with van der Waals surface area (Å²) >= 11 is 5.76. The van der Waals surface area contributed by atoms with Crippen molar-refractivity contribution in [3.63, 3.8) is 0 Å². The molecule has 0 bridgehead atoms. The van der Waals surface area contributed by atoms with E-state index in [-0.39, 0.29) is 29.6 Å². The van der Waals surface area contributed by atoms with E-state index >= 15 is 0 Å². The maximum atomic E-state index is 12.4. The Morgan fingerprint density at radius 1 is 1.24 bits per heavy atom. The molecule has 1 saturated heterocycles. The average molecular weight is 331 g/mol. The number of amides is 2. The number of carbonyl (C=O) groups excluding carboxylic acids is 1. The molecule has 116 valence electrons. The van der Waals surface area contributed by atoms with Crippen LogP contribution in [0.3, 0.4) is 0 Å². The monoisotopic (exact) mass is 330 g/mol. The topological polar surface area (TPSA) is 66.5 Å². The zero-order valence-electron chi connectivity index (χ0n) is 12.3. The molecule has 1 fully saturated rings. The number of hydrogen-bond acceptors (Lipinski definition) is 3. The molecule has 1 aromatic rings. The van der Waals surface area contributed by atoms with Gasteiger partial charge in [-0.05, 0) is 45.0 Å². The van der Waals surface area contributed by atoms with E-state index in [2.05, 4.69) is 5.32 Å². The minimum Gasteiger partial charge on any atom is -0.333 e. The summed E-state index contributed by atoms with van der Waals surface area (Å²) in [6.45, 7) is 6.08. The number of sulfone groups is 1. The van der Waals surface area contributed by atoms with Crippen LogP contribution in [0.5, 0.6) is 0 Å². The molecule has 1 aliphatic rings. The van der Waals surface area contributed by atoms with Crippen LogP contribution in [0.2, 0.25) is 5.02 Å². The van der Waals surface area contributed by atoms with Crippen molar-refractivity contribution >= 4 is 27.5 Å². The molecule has 1 aromatic carbocycles. The largest absolute Gasteiger partial charge is 0.333 e. The van der Waals surface area contributed by atoms with Crippen LogP contribution in [-0.4, -0.2) is 43.2 Å². The number of likely N-dealkylation sites (tertiary alicyclic amines) is 1. The molecule has 1 aliphatic heterocycles. The van der Waals surface area contributed by atoms with E-state index in [4.69, 9.17) is 11.6 Å². The predicted molar refractivity (Wildman–Crippen MR) is 82.3 cm³/mol. The number of benzene rings is 1. The molecule has 0 saturated carbocycles. The van der Waals surface area contributed by atoms with E-state index in [0.29, 0.717) is 5.02 Å². The van der Waals surface area contributed by atoms with Crippen LogP contribution in [0.4, 0.5) is 4.79 Å². The minimum atomic E-state index is -3.41. The van der Waals surface area contributed by atoms with Gasteiger partial charge in [0.25, 0.3) is 0 Å². The maximum Gasteiger partial charge on any atom is 0.317 e. The minimum absolute atomic E-state index is 0.215. The van der Waals surface area contributed by atoms with Crippen molar-refractivity contribution < 1.29 is 13.2 Å². The zero-order valence-corrected chi connectivity index (χ0v) is 13.8. The summed E-state index contributed by atoms with van der Waals surface area (Å²) in [5, 5.41) is 2.76. The van der Waals surface area contributed by atoms with Gasteiger partial charge in [0.15, 0.2) is 9.84 Å². The van der Waals surface area contributed by atoms with Crippen LogP contribution in [-0.2, 0) is 9.84 Å². The summed E-state index contributed by atoms with van der Waals surface area (Å²) in [6, 6.07) is 5.87. The molecular weight excluding hydrogens is 312 g/mol. The van der Waals surface area contributed by atoms with Gasteiger partial charge in [0.1, 0.15) is 5.25 Å². The van der Waals surface area contributed by atoms with Gasteiger partial charge in [0.2, 0.25) is 0 Å². The SMILES string of the molecule is CC(C)(C)NC(=O)N1CC(S(=O)(=O)c2ccc(Cl)cc2)C1. The maximum absolute atomic E-state index is 12.4. The zero-order chi connectivity index (χ0) is 15.8. The van der Waals surface area contributed by atoms with Gasteiger partial charge in [-0.25, -0.2) is 13.2 Å². The van der Waals surface area contributed by atoms with E-state index in [1.165, 1.54) is 17.0 Å². The van der Waals surface area contributed by atoms with E-state index in [0.717, 1.165) is 0 Å². The van der Waals surface area contributed by atoms with E-state index in [1.807, 2.05) is 20.8 Å². The summed E-state index contributed by atoms with van der Waals surface area (Å²) in [4.78, 5) is 13.6. The average Bonchev–Trinajstić information content (AvgIpc) is 2.24. The Morgan fingerprint density at radius 2 is 1.76 bits per heavy atom. The number of urea groups is 1. The first-order valence-corrected chi connectivity index (χ1v) is 8.58. The van der Waals surface area contributed by atoms with Crippen molar-refractivity contribution in [2.75, 3.05) is 13.1 Å². The Kier molecular flexibility index (Phi) is 4.22. The van der Waals surface area contributed by atoms with Crippen molar-refractivity contribution in [2.24, 2.45) is 0 Å². The van der Waals surface area contributed by atoms with Crippen molar-refractivity contribution in [1.82, 2.24) is 10.2 Å². The third-order valence-electron chi connectivity index (χ3n) is 3.20. The predicted octanol–water partition coefficient (Wildman–Crippen LogP) is 2.31. The number of nitrogens with zero attached hydrogens (tertiary/aromatic N) is 1. The number of halogens is 1. The van der Waals surface area contributed by atoms with Crippen LogP contribution in [0.25, 0.3) is 0 Å². The lowest BCUT2D eigenvalue weighted by molar-refractivity contribution is 0.161. The normalized spacial score (nSPS) is 16.5. The molecule has 0 spiro atoms. The third kappa shape index (κ3) is 3.68. The fourth-order valence-electron chi connectivity index (χ4n) is 2.02. The Hall–Kier alpha value is -1.27. The van der Waals surface area contributed by atoms with Crippen molar-refractivity contribution in [3.05, 3.63) is 29.3 Å². The summed E-state index contributed by atoms with van der Waals surface area (Å²) in [6.07, 6.45) is 0. The highest BCUT2D eigenvalue weighted by atomic mass is 35.5. The number of carbonyl (C=O) groups is 1. The second-order valence-electron chi connectivity index (χ2n) is 6.21. The molecular formula is C14H19ClN2O3S. The molecule has 21 heavy (non-hydrogen) atoms. The van der Waals surface area contributed by atoms with Gasteiger partial charge in [-0.15, -0.1) is 0 Å². The number of hydrogen-bond donors (Lipinski definition) is 1. The van der Waals surface area contributed by atoms with Gasteiger partial charge in [-0.3, -0.25) is 0 Å².